The van der Waals surface area contributed by atoms with Crippen LogP contribution in [0.25, 0.3) is 0 Å². The third kappa shape index (κ3) is 1.75. The van der Waals surface area contributed by atoms with Crippen molar-refractivity contribution in [1.29, 1.82) is 0 Å². The third-order valence-electron chi connectivity index (χ3n) is 3.36. The first kappa shape index (κ1) is 10.2. The van der Waals surface area contributed by atoms with Gasteiger partial charge in [-0.05, 0) is 30.7 Å². The summed E-state index contributed by atoms with van der Waals surface area (Å²) < 4.78 is 0. The molecule has 3 heteroatoms. The molecule has 1 saturated carbocycles. The lowest BCUT2D eigenvalue weighted by atomic mass is 9.65. The van der Waals surface area contributed by atoms with Crippen LogP contribution in [0.1, 0.15) is 18.4 Å². The lowest BCUT2D eigenvalue weighted by Gasteiger charge is -2.43. The molecule has 0 radical (unpaired) electrons. The lowest BCUT2D eigenvalue weighted by molar-refractivity contribution is -0.150. The molecular formula is C12H15NO2. The molecule has 80 valence electrons. The van der Waals surface area contributed by atoms with Crippen LogP contribution in [0.3, 0.4) is 0 Å². The average molecular weight is 205 g/mol. The van der Waals surface area contributed by atoms with Crippen LogP contribution >= 0.6 is 0 Å². The Morgan fingerprint density at radius 1 is 1.47 bits per heavy atom. The van der Waals surface area contributed by atoms with E-state index in [0.29, 0.717) is 6.42 Å². The first-order chi connectivity index (χ1) is 7.13. The second-order valence-electron chi connectivity index (χ2n) is 4.27. The smallest absolute Gasteiger partial charge is 0.323 e. The number of carboxylic acid groups (broad SMARTS) is 1. The molecule has 0 bridgehead atoms. The molecule has 3 N–H and O–H groups in total. The van der Waals surface area contributed by atoms with Gasteiger partial charge in [0.25, 0.3) is 0 Å². The van der Waals surface area contributed by atoms with Crippen molar-refractivity contribution in [1.82, 2.24) is 0 Å². The Morgan fingerprint density at radius 3 is 2.60 bits per heavy atom. The Labute approximate surface area is 88.9 Å². The van der Waals surface area contributed by atoms with Gasteiger partial charge in [-0.2, -0.15) is 0 Å². The molecule has 1 aromatic rings. The molecule has 0 heterocycles. The number of hydrogen-bond acceptors (Lipinski definition) is 2. The summed E-state index contributed by atoms with van der Waals surface area (Å²) in [6.07, 6.45) is 2.28. The van der Waals surface area contributed by atoms with Gasteiger partial charge in [0.2, 0.25) is 0 Å². The number of rotatable bonds is 3. The minimum absolute atomic E-state index is 0.0809. The Balaban J connectivity index is 2.06. The van der Waals surface area contributed by atoms with Crippen LogP contribution in [0.5, 0.6) is 0 Å². The summed E-state index contributed by atoms with van der Waals surface area (Å²) in [7, 11) is 0. The largest absolute Gasteiger partial charge is 0.480 e. The Morgan fingerprint density at radius 2 is 2.13 bits per heavy atom. The molecule has 15 heavy (non-hydrogen) atoms. The number of carbonyl (C=O) groups is 1. The van der Waals surface area contributed by atoms with Gasteiger partial charge in [-0.25, -0.2) is 0 Å². The fourth-order valence-electron chi connectivity index (χ4n) is 2.12. The number of nitrogens with two attached hydrogens (primary N) is 1. The first-order valence-electron chi connectivity index (χ1n) is 5.19. The van der Waals surface area contributed by atoms with Gasteiger partial charge in [0, 0.05) is 0 Å². The van der Waals surface area contributed by atoms with E-state index in [2.05, 4.69) is 0 Å². The highest BCUT2D eigenvalue weighted by molar-refractivity contribution is 5.80. The molecule has 1 aliphatic rings. The first-order valence-corrected chi connectivity index (χ1v) is 5.19. The number of aliphatic carboxylic acids is 1. The molecule has 1 fully saturated rings. The number of carboxylic acids is 1. The monoisotopic (exact) mass is 205 g/mol. The summed E-state index contributed by atoms with van der Waals surface area (Å²) >= 11 is 0. The number of hydrogen-bond donors (Lipinski definition) is 2. The van der Waals surface area contributed by atoms with Crippen molar-refractivity contribution >= 4 is 5.97 Å². The van der Waals surface area contributed by atoms with Crippen LogP contribution in [0.15, 0.2) is 30.3 Å². The minimum atomic E-state index is -0.990. The Kier molecular flexibility index (Phi) is 2.49. The molecule has 0 spiro atoms. The Bertz CT molecular complexity index is 363. The molecule has 2 atom stereocenters. The maximum absolute atomic E-state index is 11.0. The average Bonchev–Trinajstić information content (AvgIpc) is 2.24. The summed E-state index contributed by atoms with van der Waals surface area (Å²) in [5.74, 6) is -0.785. The molecule has 0 unspecified atom stereocenters. The van der Waals surface area contributed by atoms with Crippen molar-refractivity contribution in [2.24, 2.45) is 11.7 Å². The van der Waals surface area contributed by atoms with E-state index in [1.807, 2.05) is 30.3 Å². The lowest BCUT2D eigenvalue weighted by Crippen LogP contribution is -2.61. The zero-order valence-corrected chi connectivity index (χ0v) is 8.52. The predicted molar refractivity (Wildman–Crippen MR) is 57.4 cm³/mol. The highest BCUT2D eigenvalue weighted by Crippen LogP contribution is 2.38. The van der Waals surface area contributed by atoms with Crippen molar-refractivity contribution < 1.29 is 9.90 Å². The van der Waals surface area contributed by atoms with E-state index < -0.39 is 11.5 Å². The van der Waals surface area contributed by atoms with Crippen LogP contribution in [0, 0.1) is 5.92 Å². The fraction of sp³-hybridized carbons (Fsp3) is 0.417. The van der Waals surface area contributed by atoms with E-state index in [0.717, 1.165) is 12.8 Å². The molecule has 0 aliphatic heterocycles. The van der Waals surface area contributed by atoms with Gasteiger partial charge in [0.15, 0.2) is 0 Å². The normalized spacial score (nSPS) is 29.5. The van der Waals surface area contributed by atoms with Crippen LogP contribution < -0.4 is 5.73 Å². The van der Waals surface area contributed by atoms with Crippen molar-refractivity contribution in [2.75, 3.05) is 0 Å². The molecule has 0 amide bonds. The van der Waals surface area contributed by atoms with Gasteiger partial charge in [0.05, 0.1) is 0 Å². The van der Waals surface area contributed by atoms with Gasteiger partial charge in [-0.15, -0.1) is 0 Å². The number of benzene rings is 1. The molecule has 1 aromatic carbocycles. The highest BCUT2D eigenvalue weighted by Gasteiger charge is 2.49. The maximum atomic E-state index is 11.0. The molecule has 0 aromatic heterocycles. The molecular weight excluding hydrogens is 190 g/mol. The predicted octanol–water partition coefficient (Wildman–Crippen LogP) is 1.42. The summed E-state index contributed by atoms with van der Waals surface area (Å²) in [6, 6.07) is 9.91. The van der Waals surface area contributed by atoms with E-state index in [4.69, 9.17) is 10.8 Å². The maximum Gasteiger partial charge on any atom is 0.323 e. The van der Waals surface area contributed by atoms with Crippen molar-refractivity contribution in [3.63, 3.8) is 0 Å². The third-order valence-corrected chi connectivity index (χ3v) is 3.36. The van der Waals surface area contributed by atoms with E-state index in [-0.39, 0.29) is 5.92 Å². The molecule has 1 aliphatic carbocycles. The van der Waals surface area contributed by atoms with Gasteiger partial charge < -0.3 is 10.8 Å². The highest BCUT2D eigenvalue weighted by atomic mass is 16.4. The van der Waals surface area contributed by atoms with Crippen molar-refractivity contribution in [3.8, 4) is 0 Å². The van der Waals surface area contributed by atoms with E-state index in [1.54, 1.807) is 0 Å². The zero-order chi connectivity index (χ0) is 10.9. The summed E-state index contributed by atoms with van der Waals surface area (Å²) in [5, 5.41) is 9.02. The summed E-state index contributed by atoms with van der Waals surface area (Å²) in [4.78, 5) is 11.0. The topological polar surface area (TPSA) is 63.3 Å². The summed E-state index contributed by atoms with van der Waals surface area (Å²) in [6.45, 7) is 0. The Hall–Kier alpha value is -1.35. The second-order valence-corrected chi connectivity index (χ2v) is 4.27. The van der Waals surface area contributed by atoms with E-state index in [1.165, 1.54) is 5.56 Å². The van der Waals surface area contributed by atoms with E-state index >= 15 is 0 Å². The molecule has 2 rings (SSSR count). The summed E-state index contributed by atoms with van der Waals surface area (Å²) in [5.41, 5.74) is 6.01. The van der Waals surface area contributed by atoms with Gasteiger partial charge in [0.1, 0.15) is 5.54 Å². The molecule has 0 saturated heterocycles. The quantitative estimate of drug-likeness (QED) is 0.784. The van der Waals surface area contributed by atoms with Crippen molar-refractivity contribution in [3.05, 3.63) is 35.9 Å². The standard InChI is InChI=1S/C12H15NO2/c13-12(11(14)15)7-6-10(12)8-9-4-2-1-3-5-9/h1-5,10H,6-8,13H2,(H,14,15)/t10-,12-/m1/s1. The fourth-order valence-corrected chi connectivity index (χ4v) is 2.12. The SMILES string of the molecule is N[C@]1(C(=O)O)CC[C@@H]1Cc1ccccc1. The van der Waals surface area contributed by atoms with Crippen LogP contribution in [-0.4, -0.2) is 16.6 Å². The van der Waals surface area contributed by atoms with Crippen LogP contribution in [-0.2, 0) is 11.2 Å². The van der Waals surface area contributed by atoms with Gasteiger partial charge >= 0.3 is 5.97 Å². The molecule has 3 nitrogen and oxygen atoms in total. The minimum Gasteiger partial charge on any atom is -0.480 e. The van der Waals surface area contributed by atoms with Gasteiger partial charge in [-0.1, -0.05) is 30.3 Å². The van der Waals surface area contributed by atoms with Crippen LogP contribution in [0.4, 0.5) is 0 Å². The zero-order valence-electron chi connectivity index (χ0n) is 8.52. The van der Waals surface area contributed by atoms with Crippen LogP contribution in [0.2, 0.25) is 0 Å². The van der Waals surface area contributed by atoms with Crippen molar-refractivity contribution in [2.45, 2.75) is 24.8 Å². The second kappa shape index (κ2) is 3.66. The van der Waals surface area contributed by atoms with Gasteiger partial charge in [-0.3, -0.25) is 4.79 Å². The van der Waals surface area contributed by atoms with E-state index in [9.17, 15) is 4.79 Å².